The first-order valence-electron chi connectivity index (χ1n) is 9.84. The zero-order valence-corrected chi connectivity index (χ0v) is 17.7. The topological polar surface area (TPSA) is 54.0 Å². The standard InChI is InChI=1S/C23H34N2O3/c1-17(2)25(4)15-21(26)16-28-23-12-19(10-11-22(23)27-5)13-24-14-20-9-7-6-8-18(20)3/h6-12,17,21,24,26H,13-16H2,1-5H3/t21-/m1/s1. The van der Waals surface area contributed by atoms with E-state index >= 15 is 0 Å². The molecule has 154 valence electrons. The Kier molecular flexibility index (Phi) is 8.77. The summed E-state index contributed by atoms with van der Waals surface area (Å²) in [5, 5.41) is 13.7. The summed E-state index contributed by atoms with van der Waals surface area (Å²) in [7, 11) is 3.62. The molecule has 0 unspecified atom stereocenters. The molecule has 28 heavy (non-hydrogen) atoms. The lowest BCUT2D eigenvalue weighted by atomic mass is 10.1. The molecule has 2 aromatic rings. The van der Waals surface area contributed by atoms with Gasteiger partial charge in [0.15, 0.2) is 11.5 Å². The van der Waals surface area contributed by atoms with E-state index in [1.165, 1.54) is 11.1 Å². The second-order valence-electron chi connectivity index (χ2n) is 7.51. The van der Waals surface area contributed by atoms with Crippen LogP contribution in [0.2, 0.25) is 0 Å². The molecule has 0 heterocycles. The van der Waals surface area contributed by atoms with Gasteiger partial charge in [0.25, 0.3) is 0 Å². The second kappa shape index (κ2) is 11.1. The Morgan fingerprint density at radius 3 is 2.50 bits per heavy atom. The van der Waals surface area contributed by atoms with Crippen LogP contribution in [-0.4, -0.2) is 49.5 Å². The molecule has 0 saturated carbocycles. The number of nitrogens with one attached hydrogen (secondary N) is 1. The highest BCUT2D eigenvalue weighted by atomic mass is 16.5. The third-order valence-electron chi connectivity index (χ3n) is 4.95. The van der Waals surface area contributed by atoms with Crippen LogP contribution in [0.3, 0.4) is 0 Å². The fraction of sp³-hybridized carbons (Fsp3) is 0.478. The molecule has 0 aromatic heterocycles. The molecular formula is C23H34N2O3. The fourth-order valence-electron chi connectivity index (χ4n) is 2.88. The van der Waals surface area contributed by atoms with Crippen molar-refractivity contribution in [3.8, 4) is 11.5 Å². The summed E-state index contributed by atoms with van der Waals surface area (Å²) in [5.41, 5.74) is 3.69. The molecule has 5 nitrogen and oxygen atoms in total. The zero-order valence-electron chi connectivity index (χ0n) is 17.7. The van der Waals surface area contributed by atoms with Gasteiger partial charge in [-0.2, -0.15) is 0 Å². The molecule has 0 radical (unpaired) electrons. The van der Waals surface area contributed by atoms with Gasteiger partial charge in [0.1, 0.15) is 12.7 Å². The van der Waals surface area contributed by atoms with Crippen LogP contribution in [0.25, 0.3) is 0 Å². The van der Waals surface area contributed by atoms with E-state index in [1.54, 1.807) is 7.11 Å². The van der Waals surface area contributed by atoms with Crippen LogP contribution in [-0.2, 0) is 13.1 Å². The minimum atomic E-state index is -0.556. The van der Waals surface area contributed by atoms with E-state index in [-0.39, 0.29) is 6.61 Å². The monoisotopic (exact) mass is 386 g/mol. The van der Waals surface area contributed by atoms with Crippen molar-refractivity contribution in [2.24, 2.45) is 0 Å². The van der Waals surface area contributed by atoms with Crippen molar-refractivity contribution in [2.75, 3.05) is 27.3 Å². The van der Waals surface area contributed by atoms with Crippen molar-refractivity contribution >= 4 is 0 Å². The van der Waals surface area contributed by atoms with Gasteiger partial charge in [0.2, 0.25) is 0 Å². The summed E-state index contributed by atoms with van der Waals surface area (Å²) in [6, 6.07) is 14.7. The highest BCUT2D eigenvalue weighted by Crippen LogP contribution is 2.28. The lowest BCUT2D eigenvalue weighted by molar-refractivity contribution is 0.0668. The normalized spacial score (nSPS) is 12.4. The molecule has 1 atom stereocenters. The average molecular weight is 387 g/mol. The third-order valence-corrected chi connectivity index (χ3v) is 4.95. The van der Waals surface area contributed by atoms with Gasteiger partial charge in [-0.1, -0.05) is 30.3 Å². The van der Waals surface area contributed by atoms with Crippen molar-refractivity contribution in [3.05, 3.63) is 59.2 Å². The first kappa shape index (κ1) is 22.2. The van der Waals surface area contributed by atoms with Crippen LogP contribution < -0.4 is 14.8 Å². The first-order chi connectivity index (χ1) is 13.4. The first-order valence-corrected chi connectivity index (χ1v) is 9.84. The Morgan fingerprint density at radius 2 is 1.82 bits per heavy atom. The fourth-order valence-corrected chi connectivity index (χ4v) is 2.88. The maximum atomic E-state index is 10.2. The summed E-state index contributed by atoms with van der Waals surface area (Å²) < 4.78 is 11.3. The van der Waals surface area contributed by atoms with Gasteiger partial charge in [-0.15, -0.1) is 0 Å². The number of methoxy groups -OCH3 is 1. The van der Waals surface area contributed by atoms with Crippen LogP contribution in [0.1, 0.15) is 30.5 Å². The largest absolute Gasteiger partial charge is 0.493 e. The Bertz CT molecular complexity index is 734. The Labute approximate surface area is 169 Å². The lowest BCUT2D eigenvalue weighted by Crippen LogP contribution is -2.37. The minimum Gasteiger partial charge on any atom is -0.493 e. The van der Waals surface area contributed by atoms with Gasteiger partial charge in [-0.05, 0) is 56.6 Å². The van der Waals surface area contributed by atoms with Crippen LogP contribution >= 0.6 is 0 Å². The van der Waals surface area contributed by atoms with Gasteiger partial charge < -0.3 is 24.8 Å². The Balaban J connectivity index is 1.92. The smallest absolute Gasteiger partial charge is 0.161 e. The molecular weight excluding hydrogens is 352 g/mol. The Hall–Kier alpha value is -2.08. The molecule has 0 aliphatic heterocycles. The number of hydrogen-bond donors (Lipinski definition) is 2. The number of ether oxygens (including phenoxy) is 2. The highest BCUT2D eigenvalue weighted by Gasteiger charge is 2.13. The number of hydrogen-bond acceptors (Lipinski definition) is 5. The number of aliphatic hydroxyl groups is 1. The average Bonchev–Trinajstić information content (AvgIpc) is 2.68. The van der Waals surface area contributed by atoms with Crippen LogP contribution in [0.4, 0.5) is 0 Å². The maximum absolute atomic E-state index is 10.2. The maximum Gasteiger partial charge on any atom is 0.161 e. The van der Waals surface area contributed by atoms with Crippen molar-refractivity contribution < 1.29 is 14.6 Å². The van der Waals surface area contributed by atoms with Crippen molar-refractivity contribution in [2.45, 2.75) is 46.0 Å². The molecule has 2 rings (SSSR count). The van der Waals surface area contributed by atoms with E-state index in [1.807, 2.05) is 25.2 Å². The predicted octanol–water partition coefficient (Wildman–Crippen LogP) is 3.37. The summed E-state index contributed by atoms with van der Waals surface area (Å²) in [6.45, 7) is 8.67. The zero-order chi connectivity index (χ0) is 20.5. The van der Waals surface area contributed by atoms with E-state index in [4.69, 9.17) is 9.47 Å². The molecule has 2 N–H and O–H groups in total. The summed E-state index contributed by atoms with van der Waals surface area (Å²) in [4.78, 5) is 2.09. The molecule has 5 heteroatoms. The van der Waals surface area contributed by atoms with E-state index < -0.39 is 6.10 Å². The number of likely N-dealkylation sites (N-methyl/N-ethyl adjacent to an activating group) is 1. The highest BCUT2D eigenvalue weighted by molar-refractivity contribution is 5.43. The summed E-state index contributed by atoms with van der Waals surface area (Å²) in [5.74, 6) is 1.33. The molecule has 0 aliphatic rings. The predicted molar refractivity (Wildman–Crippen MR) is 114 cm³/mol. The number of aliphatic hydroxyl groups excluding tert-OH is 1. The van der Waals surface area contributed by atoms with Gasteiger partial charge >= 0.3 is 0 Å². The molecule has 0 amide bonds. The molecule has 0 spiro atoms. The van der Waals surface area contributed by atoms with E-state index in [0.29, 0.717) is 24.1 Å². The third kappa shape index (κ3) is 6.82. The number of rotatable bonds is 11. The Morgan fingerprint density at radius 1 is 1.07 bits per heavy atom. The van der Waals surface area contributed by atoms with Crippen molar-refractivity contribution in [1.82, 2.24) is 10.2 Å². The van der Waals surface area contributed by atoms with Gasteiger partial charge in [-0.3, -0.25) is 0 Å². The van der Waals surface area contributed by atoms with Gasteiger partial charge in [0, 0.05) is 25.7 Å². The molecule has 0 saturated heterocycles. The van der Waals surface area contributed by atoms with Gasteiger partial charge in [-0.25, -0.2) is 0 Å². The van der Waals surface area contributed by atoms with E-state index in [9.17, 15) is 5.11 Å². The van der Waals surface area contributed by atoms with Crippen molar-refractivity contribution in [1.29, 1.82) is 0 Å². The molecule has 0 aliphatic carbocycles. The molecule has 0 fully saturated rings. The number of aryl methyl sites for hydroxylation is 1. The molecule has 2 aromatic carbocycles. The SMILES string of the molecule is COc1ccc(CNCc2ccccc2C)cc1OC[C@H](O)CN(C)C(C)C. The van der Waals surface area contributed by atoms with Crippen LogP contribution in [0, 0.1) is 6.92 Å². The van der Waals surface area contributed by atoms with Crippen molar-refractivity contribution in [3.63, 3.8) is 0 Å². The van der Waals surface area contributed by atoms with E-state index in [2.05, 4.69) is 55.3 Å². The second-order valence-corrected chi connectivity index (χ2v) is 7.51. The van der Waals surface area contributed by atoms with Crippen LogP contribution in [0.15, 0.2) is 42.5 Å². The quantitative estimate of drug-likeness (QED) is 0.620. The molecule has 0 bridgehead atoms. The summed E-state index contributed by atoms with van der Waals surface area (Å²) in [6.07, 6.45) is -0.556. The van der Waals surface area contributed by atoms with Gasteiger partial charge in [0.05, 0.1) is 7.11 Å². The van der Waals surface area contributed by atoms with E-state index in [0.717, 1.165) is 18.7 Å². The summed E-state index contributed by atoms with van der Waals surface area (Å²) >= 11 is 0. The lowest BCUT2D eigenvalue weighted by Gasteiger charge is -2.24. The number of benzene rings is 2. The minimum absolute atomic E-state index is 0.230. The number of nitrogens with zero attached hydrogens (tertiary/aromatic N) is 1. The van der Waals surface area contributed by atoms with Crippen LogP contribution in [0.5, 0.6) is 11.5 Å².